The normalized spacial score (nSPS) is 22.5. The first-order valence-corrected chi connectivity index (χ1v) is 8.39. The second-order valence-electron chi connectivity index (χ2n) is 8.76. The Balaban J connectivity index is 2.78. The van der Waals surface area contributed by atoms with Crippen LogP contribution in [0, 0.1) is 11.3 Å². The lowest BCUT2D eigenvalue weighted by atomic mass is 9.92. The van der Waals surface area contributed by atoms with Crippen LogP contribution < -0.4 is 0 Å². The summed E-state index contributed by atoms with van der Waals surface area (Å²) in [6.45, 7) is 14.5. The molecule has 0 aromatic carbocycles. The van der Waals surface area contributed by atoms with Gasteiger partial charge in [0.25, 0.3) is 0 Å². The van der Waals surface area contributed by atoms with Crippen molar-refractivity contribution in [3.8, 4) is 0 Å². The van der Waals surface area contributed by atoms with Gasteiger partial charge in [-0.05, 0) is 58.8 Å². The van der Waals surface area contributed by atoms with Gasteiger partial charge in [-0.3, -0.25) is 4.79 Å². The van der Waals surface area contributed by atoms with Crippen LogP contribution in [0.15, 0.2) is 0 Å². The molecule has 0 aromatic rings. The molecule has 4 heteroatoms. The molecule has 1 aliphatic carbocycles. The van der Waals surface area contributed by atoms with E-state index in [-0.39, 0.29) is 29.3 Å². The van der Waals surface area contributed by atoms with Crippen LogP contribution >= 0.6 is 0 Å². The van der Waals surface area contributed by atoms with Gasteiger partial charge in [0.05, 0.1) is 0 Å². The van der Waals surface area contributed by atoms with Crippen LogP contribution in [0.2, 0.25) is 0 Å². The van der Waals surface area contributed by atoms with Crippen molar-refractivity contribution in [3.05, 3.63) is 0 Å². The minimum absolute atomic E-state index is 0.101. The average Bonchev–Trinajstić information content (AvgIpc) is 2.74. The van der Waals surface area contributed by atoms with Crippen molar-refractivity contribution in [2.45, 2.75) is 85.8 Å². The van der Waals surface area contributed by atoms with Crippen LogP contribution in [0.25, 0.3) is 0 Å². The number of ether oxygens (including phenoxy) is 1. The molecule has 0 aliphatic heterocycles. The molecule has 0 N–H and O–H groups in total. The first kappa shape index (κ1) is 19.0. The number of Topliss-reactive ketones (excluding diaryl/α,β-unsaturated/α-hetero) is 1. The molecule has 2 atom stereocenters. The predicted molar refractivity (Wildman–Crippen MR) is 88.8 cm³/mol. The number of hydrogen-bond acceptors (Lipinski definition) is 3. The Bertz CT molecular complexity index is 404. The molecule has 0 saturated heterocycles. The summed E-state index contributed by atoms with van der Waals surface area (Å²) in [5.74, 6) is 0.340. The van der Waals surface area contributed by atoms with Crippen molar-refractivity contribution in [3.63, 3.8) is 0 Å². The third kappa shape index (κ3) is 6.37. The highest BCUT2D eigenvalue weighted by atomic mass is 16.6. The van der Waals surface area contributed by atoms with Gasteiger partial charge in [-0.2, -0.15) is 0 Å². The van der Waals surface area contributed by atoms with Crippen molar-refractivity contribution >= 4 is 11.9 Å². The monoisotopic (exact) mass is 311 g/mol. The molecule has 1 saturated carbocycles. The molecule has 1 amide bonds. The van der Waals surface area contributed by atoms with E-state index >= 15 is 0 Å². The largest absolute Gasteiger partial charge is 0.444 e. The van der Waals surface area contributed by atoms with Crippen molar-refractivity contribution in [2.75, 3.05) is 6.54 Å². The summed E-state index contributed by atoms with van der Waals surface area (Å²) in [5.41, 5.74) is -0.325. The second-order valence-corrected chi connectivity index (χ2v) is 8.76. The Labute approximate surface area is 135 Å². The van der Waals surface area contributed by atoms with E-state index in [4.69, 9.17) is 4.74 Å². The average molecular weight is 311 g/mol. The van der Waals surface area contributed by atoms with E-state index < -0.39 is 5.60 Å². The molecule has 128 valence electrons. The van der Waals surface area contributed by atoms with Gasteiger partial charge in [0, 0.05) is 18.5 Å². The molecule has 0 aromatic heterocycles. The van der Waals surface area contributed by atoms with Gasteiger partial charge < -0.3 is 9.64 Å². The lowest BCUT2D eigenvalue weighted by molar-refractivity contribution is -0.120. The summed E-state index contributed by atoms with van der Waals surface area (Å²) in [6.07, 6.45) is 3.24. The first-order chi connectivity index (χ1) is 9.89. The Kier molecular flexibility index (Phi) is 6.05. The highest BCUT2D eigenvalue weighted by Crippen LogP contribution is 2.32. The van der Waals surface area contributed by atoms with Crippen molar-refractivity contribution in [2.24, 2.45) is 11.3 Å². The summed E-state index contributed by atoms with van der Waals surface area (Å²) in [7, 11) is 0. The number of carbonyl (C=O) groups excluding carboxylic acids is 2. The minimum Gasteiger partial charge on any atom is -0.444 e. The van der Waals surface area contributed by atoms with E-state index in [0.29, 0.717) is 6.54 Å². The maximum absolute atomic E-state index is 12.6. The summed E-state index contributed by atoms with van der Waals surface area (Å²) >= 11 is 0. The molecule has 0 bridgehead atoms. The molecule has 1 fully saturated rings. The van der Waals surface area contributed by atoms with E-state index in [1.165, 1.54) is 0 Å². The highest BCUT2D eigenvalue weighted by Gasteiger charge is 2.36. The lowest BCUT2D eigenvalue weighted by Gasteiger charge is -2.33. The van der Waals surface area contributed by atoms with Crippen LogP contribution in [0.5, 0.6) is 0 Å². The van der Waals surface area contributed by atoms with Crippen LogP contribution in [0.3, 0.4) is 0 Å². The molecule has 1 rings (SSSR count). The molecule has 1 aliphatic rings. The predicted octanol–water partition coefficient (Wildman–Crippen LogP) is 4.42. The van der Waals surface area contributed by atoms with Gasteiger partial charge in [0.1, 0.15) is 11.4 Å². The first-order valence-electron chi connectivity index (χ1n) is 8.39. The summed E-state index contributed by atoms with van der Waals surface area (Å²) in [6, 6.07) is 0.131. The fourth-order valence-corrected chi connectivity index (χ4v) is 2.81. The maximum Gasteiger partial charge on any atom is 0.410 e. The molecular weight excluding hydrogens is 278 g/mol. The highest BCUT2D eigenvalue weighted by molar-refractivity contribution is 5.78. The number of ketones is 1. The molecule has 4 nitrogen and oxygen atoms in total. The fraction of sp³-hybridized carbons (Fsp3) is 0.889. The van der Waals surface area contributed by atoms with Crippen LogP contribution in [-0.4, -0.2) is 35.0 Å². The van der Waals surface area contributed by atoms with Gasteiger partial charge in [-0.15, -0.1) is 0 Å². The fourth-order valence-electron chi connectivity index (χ4n) is 2.81. The number of nitrogens with zero attached hydrogens (tertiary/aromatic N) is 1. The number of carbonyl (C=O) groups is 2. The number of hydrogen-bond donors (Lipinski definition) is 0. The van der Waals surface area contributed by atoms with Crippen molar-refractivity contribution < 1.29 is 14.3 Å². The zero-order chi connectivity index (χ0) is 17.1. The zero-order valence-electron chi connectivity index (χ0n) is 15.4. The Morgan fingerprint density at radius 2 is 1.68 bits per heavy atom. The molecule has 22 heavy (non-hydrogen) atoms. The van der Waals surface area contributed by atoms with E-state index in [0.717, 1.165) is 25.7 Å². The van der Waals surface area contributed by atoms with Gasteiger partial charge >= 0.3 is 6.09 Å². The quantitative estimate of drug-likeness (QED) is 0.772. The third-order valence-electron chi connectivity index (χ3n) is 4.15. The lowest BCUT2D eigenvalue weighted by Crippen LogP contribution is -2.44. The summed E-state index contributed by atoms with van der Waals surface area (Å²) in [5, 5.41) is 0. The van der Waals surface area contributed by atoms with Gasteiger partial charge in [0.2, 0.25) is 0 Å². The molecule has 0 radical (unpaired) electrons. The van der Waals surface area contributed by atoms with E-state index in [9.17, 15) is 9.59 Å². The third-order valence-corrected chi connectivity index (χ3v) is 4.15. The molecule has 0 heterocycles. The summed E-state index contributed by atoms with van der Waals surface area (Å²) < 4.78 is 5.58. The van der Waals surface area contributed by atoms with Crippen LogP contribution in [-0.2, 0) is 9.53 Å². The number of amides is 1. The van der Waals surface area contributed by atoms with Crippen molar-refractivity contribution in [1.29, 1.82) is 0 Å². The zero-order valence-corrected chi connectivity index (χ0v) is 15.4. The SMILES string of the molecule is CC(=O)C1CCC(N(CCC(C)(C)C)C(=O)OC(C)(C)C)C1. The van der Waals surface area contributed by atoms with Crippen LogP contribution in [0.1, 0.15) is 74.1 Å². The standard InChI is InChI=1S/C18H33NO3/c1-13(20)14-8-9-15(12-14)19(11-10-17(2,3)4)16(21)22-18(5,6)7/h14-15H,8-12H2,1-7H3. The molecular formula is C18H33NO3. The van der Waals surface area contributed by atoms with Crippen molar-refractivity contribution in [1.82, 2.24) is 4.90 Å². The van der Waals surface area contributed by atoms with Gasteiger partial charge in [-0.1, -0.05) is 20.8 Å². The number of rotatable bonds is 4. The second kappa shape index (κ2) is 7.01. The molecule has 2 unspecified atom stereocenters. The smallest absolute Gasteiger partial charge is 0.410 e. The van der Waals surface area contributed by atoms with E-state index in [2.05, 4.69) is 20.8 Å². The Morgan fingerprint density at radius 1 is 1.09 bits per heavy atom. The Morgan fingerprint density at radius 3 is 2.09 bits per heavy atom. The Hall–Kier alpha value is -1.06. The van der Waals surface area contributed by atoms with Gasteiger partial charge in [0.15, 0.2) is 0 Å². The maximum atomic E-state index is 12.6. The minimum atomic E-state index is -0.490. The molecule has 0 spiro atoms. The summed E-state index contributed by atoms with van der Waals surface area (Å²) in [4.78, 5) is 26.0. The van der Waals surface area contributed by atoms with Gasteiger partial charge in [-0.25, -0.2) is 4.79 Å². The topological polar surface area (TPSA) is 46.6 Å². The van der Waals surface area contributed by atoms with E-state index in [1.54, 1.807) is 6.92 Å². The van der Waals surface area contributed by atoms with Crippen LogP contribution in [0.4, 0.5) is 4.79 Å². The van der Waals surface area contributed by atoms with E-state index in [1.807, 2.05) is 25.7 Å².